The molecule has 1 aliphatic heterocycles. The minimum atomic E-state index is -0.218. The number of rotatable bonds is 4. The second-order valence-electron chi connectivity index (χ2n) is 7.93. The molecule has 0 saturated carbocycles. The fourth-order valence-electron chi connectivity index (χ4n) is 3.99. The highest BCUT2D eigenvalue weighted by atomic mass is 35.5. The van der Waals surface area contributed by atoms with Crippen LogP contribution in [0.2, 0.25) is 5.02 Å². The topological polar surface area (TPSA) is 60.9 Å². The van der Waals surface area contributed by atoms with Gasteiger partial charge in [-0.25, -0.2) is 0 Å². The molecule has 0 unspecified atom stereocenters. The predicted molar refractivity (Wildman–Crippen MR) is 125 cm³/mol. The van der Waals surface area contributed by atoms with Gasteiger partial charge in [0, 0.05) is 26.2 Å². The highest BCUT2D eigenvalue weighted by molar-refractivity contribution is 6.33. The summed E-state index contributed by atoms with van der Waals surface area (Å²) in [4.78, 5) is 29.6. The lowest BCUT2D eigenvalue weighted by Gasteiger charge is -2.23. The van der Waals surface area contributed by atoms with Gasteiger partial charge in [-0.3, -0.25) is 9.59 Å². The monoisotopic (exact) mass is 448 g/mol. The maximum absolute atomic E-state index is 13.2. The van der Waals surface area contributed by atoms with Gasteiger partial charge >= 0.3 is 0 Å². The van der Waals surface area contributed by atoms with Gasteiger partial charge in [-0.1, -0.05) is 60.1 Å². The van der Waals surface area contributed by atoms with Crippen molar-refractivity contribution in [1.29, 1.82) is 0 Å². The average Bonchev–Trinajstić information content (AvgIpc) is 3.07. The normalized spacial score (nSPS) is 14.2. The first-order valence-corrected chi connectivity index (χ1v) is 11.1. The number of amides is 2. The van der Waals surface area contributed by atoms with E-state index in [1.165, 1.54) is 0 Å². The van der Waals surface area contributed by atoms with Gasteiger partial charge < -0.3 is 14.9 Å². The average molecular weight is 449 g/mol. The molecule has 3 aromatic carbocycles. The molecular weight excluding hydrogens is 424 g/mol. The molecule has 3 aromatic rings. The highest BCUT2D eigenvalue weighted by Crippen LogP contribution is 2.24. The fraction of sp³-hybridized carbons (Fsp3) is 0.231. The summed E-state index contributed by atoms with van der Waals surface area (Å²) in [5, 5.41) is 10.8. The number of phenolic OH excluding ortho intramolecular Hbond substituents is 1. The Morgan fingerprint density at radius 2 is 1.38 bits per heavy atom. The number of carbonyl (C=O) groups excluding carboxylic acids is 2. The molecule has 1 saturated heterocycles. The summed E-state index contributed by atoms with van der Waals surface area (Å²) in [6.07, 6.45) is 1.34. The van der Waals surface area contributed by atoms with Crippen molar-refractivity contribution >= 4 is 23.4 Å². The van der Waals surface area contributed by atoms with Gasteiger partial charge in [0.1, 0.15) is 5.75 Å². The van der Waals surface area contributed by atoms with Crippen LogP contribution in [-0.2, 0) is 6.42 Å². The number of hydrogen-bond acceptors (Lipinski definition) is 3. The van der Waals surface area contributed by atoms with Crippen molar-refractivity contribution in [2.75, 3.05) is 26.2 Å². The zero-order valence-corrected chi connectivity index (χ0v) is 18.5. The maximum Gasteiger partial charge on any atom is 0.257 e. The molecule has 0 aliphatic carbocycles. The summed E-state index contributed by atoms with van der Waals surface area (Å²) < 4.78 is 0. The molecular formula is C26H25ClN2O3. The van der Waals surface area contributed by atoms with E-state index in [-0.39, 0.29) is 17.6 Å². The predicted octanol–water partition coefficient (Wildman–Crippen LogP) is 4.62. The van der Waals surface area contributed by atoms with Crippen LogP contribution in [0, 0.1) is 0 Å². The molecule has 0 aromatic heterocycles. The van der Waals surface area contributed by atoms with Gasteiger partial charge in [-0.15, -0.1) is 0 Å². The SMILES string of the molecule is O=C(c1cc(Cc2ccccc2)ccc1O)N1CCCN(C(=O)c2ccccc2Cl)CC1. The molecule has 164 valence electrons. The van der Waals surface area contributed by atoms with Crippen molar-refractivity contribution in [2.45, 2.75) is 12.8 Å². The van der Waals surface area contributed by atoms with Gasteiger partial charge in [0.15, 0.2) is 0 Å². The minimum Gasteiger partial charge on any atom is -0.507 e. The Bertz CT molecular complexity index is 1120. The quantitative estimate of drug-likeness (QED) is 0.633. The fourth-order valence-corrected chi connectivity index (χ4v) is 4.21. The van der Waals surface area contributed by atoms with E-state index in [2.05, 4.69) is 0 Å². The minimum absolute atomic E-state index is 0.0277. The Labute approximate surface area is 192 Å². The lowest BCUT2D eigenvalue weighted by molar-refractivity contribution is 0.0717. The first kappa shape index (κ1) is 21.9. The van der Waals surface area contributed by atoms with Crippen LogP contribution in [0.1, 0.15) is 38.3 Å². The molecule has 0 bridgehead atoms. The molecule has 1 heterocycles. The number of aromatic hydroxyl groups is 1. The standard InChI is InChI=1S/C26H25ClN2O3/c27-23-10-5-4-9-21(23)25(31)28-13-6-14-29(16-15-28)26(32)22-18-20(11-12-24(22)30)17-19-7-2-1-3-8-19/h1-5,7-12,18,30H,6,13-17H2. The highest BCUT2D eigenvalue weighted by Gasteiger charge is 2.25. The van der Waals surface area contributed by atoms with Gasteiger partial charge in [0.05, 0.1) is 16.1 Å². The second kappa shape index (κ2) is 9.88. The summed E-state index contributed by atoms with van der Waals surface area (Å²) >= 11 is 6.19. The molecule has 6 heteroatoms. The summed E-state index contributed by atoms with van der Waals surface area (Å²) in [6, 6.07) is 22.2. The molecule has 2 amide bonds. The van der Waals surface area contributed by atoms with E-state index >= 15 is 0 Å². The number of nitrogens with zero attached hydrogens (tertiary/aromatic N) is 2. The Morgan fingerprint density at radius 3 is 2.06 bits per heavy atom. The van der Waals surface area contributed by atoms with Crippen LogP contribution < -0.4 is 0 Å². The molecule has 0 atom stereocenters. The first-order valence-electron chi connectivity index (χ1n) is 10.7. The molecule has 1 aliphatic rings. The molecule has 5 nitrogen and oxygen atoms in total. The van der Waals surface area contributed by atoms with Crippen LogP contribution in [-0.4, -0.2) is 52.9 Å². The van der Waals surface area contributed by atoms with Crippen LogP contribution in [0.3, 0.4) is 0 Å². The third kappa shape index (κ3) is 4.94. The Hall–Kier alpha value is -3.31. The second-order valence-corrected chi connectivity index (χ2v) is 8.34. The van der Waals surface area contributed by atoms with Crippen molar-refractivity contribution < 1.29 is 14.7 Å². The Kier molecular flexibility index (Phi) is 6.76. The van der Waals surface area contributed by atoms with Crippen molar-refractivity contribution in [3.63, 3.8) is 0 Å². The lowest BCUT2D eigenvalue weighted by atomic mass is 10.0. The van der Waals surface area contributed by atoms with Crippen molar-refractivity contribution in [2.24, 2.45) is 0 Å². The number of phenols is 1. The van der Waals surface area contributed by atoms with Crippen molar-refractivity contribution in [1.82, 2.24) is 9.80 Å². The Balaban J connectivity index is 1.46. The smallest absolute Gasteiger partial charge is 0.257 e. The number of halogens is 1. The zero-order chi connectivity index (χ0) is 22.5. The maximum atomic E-state index is 13.2. The van der Waals surface area contributed by atoms with E-state index in [4.69, 9.17) is 11.6 Å². The summed E-state index contributed by atoms with van der Waals surface area (Å²) in [5.74, 6) is -0.373. The number of carbonyl (C=O) groups is 2. The van der Waals surface area contributed by atoms with Crippen molar-refractivity contribution in [3.05, 3.63) is 100 Å². The number of hydrogen-bond donors (Lipinski definition) is 1. The summed E-state index contributed by atoms with van der Waals surface area (Å²) in [7, 11) is 0. The van der Waals surface area contributed by atoms with Crippen LogP contribution in [0.5, 0.6) is 5.75 Å². The van der Waals surface area contributed by atoms with E-state index < -0.39 is 0 Å². The van der Waals surface area contributed by atoms with Crippen LogP contribution in [0.4, 0.5) is 0 Å². The van der Waals surface area contributed by atoms with Gasteiger partial charge in [-0.05, 0) is 48.2 Å². The van der Waals surface area contributed by atoms with Gasteiger partial charge in [0.25, 0.3) is 11.8 Å². The first-order chi connectivity index (χ1) is 15.5. The van der Waals surface area contributed by atoms with Crippen LogP contribution in [0.15, 0.2) is 72.8 Å². The summed E-state index contributed by atoms with van der Waals surface area (Å²) in [6.45, 7) is 1.89. The van der Waals surface area contributed by atoms with Crippen molar-refractivity contribution in [3.8, 4) is 5.75 Å². The molecule has 1 fully saturated rings. The third-order valence-corrected chi connectivity index (χ3v) is 6.05. The lowest BCUT2D eigenvalue weighted by Crippen LogP contribution is -2.37. The van der Waals surface area contributed by atoms with Gasteiger partial charge in [-0.2, -0.15) is 0 Å². The van der Waals surface area contributed by atoms with E-state index in [0.717, 1.165) is 11.1 Å². The van der Waals surface area contributed by atoms with E-state index in [1.807, 2.05) is 36.4 Å². The largest absolute Gasteiger partial charge is 0.507 e. The Morgan fingerprint density at radius 1 is 0.750 bits per heavy atom. The van der Waals surface area contributed by atoms with E-state index in [9.17, 15) is 14.7 Å². The zero-order valence-electron chi connectivity index (χ0n) is 17.7. The molecule has 4 rings (SSSR count). The number of benzene rings is 3. The van der Waals surface area contributed by atoms with E-state index in [0.29, 0.717) is 55.2 Å². The third-order valence-electron chi connectivity index (χ3n) is 5.72. The van der Waals surface area contributed by atoms with E-state index in [1.54, 1.807) is 46.2 Å². The molecule has 0 spiro atoms. The van der Waals surface area contributed by atoms with Crippen LogP contribution in [0.25, 0.3) is 0 Å². The van der Waals surface area contributed by atoms with Crippen LogP contribution >= 0.6 is 11.6 Å². The molecule has 0 radical (unpaired) electrons. The van der Waals surface area contributed by atoms with Gasteiger partial charge in [0.2, 0.25) is 0 Å². The summed E-state index contributed by atoms with van der Waals surface area (Å²) in [5.41, 5.74) is 2.87. The molecule has 32 heavy (non-hydrogen) atoms. The molecule has 1 N–H and O–H groups in total.